The van der Waals surface area contributed by atoms with Crippen LogP contribution in [0.5, 0.6) is 5.75 Å². The quantitative estimate of drug-likeness (QED) is 0.297. The number of rotatable bonds is 9. The van der Waals surface area contributed by atoms with E-state index in [1.54, 1.807) is 25.1 Å². The number of hydrogen-bond acceptors (Lipinski definition) is 6. The molecule has 1 amide bonds. The molecule has 0 fully saturated rings. The largest absolute Gasteiger partial charge is 0.486 e. The number of ether oxygens (including phenoxy) is 1. The molecule has 9 nitrogen and oxygen atoms in total. The first kappa shape index (κ1) is 22.4. The lowest BCUT2D eigenvalue weighted by Crippen LogP contribution is -2.25. The highest BCUT2D eigenvalue weighted by atomic mass is 35.5. The SMILES string of the molecule is Cc1cc(OCc2ccc(C(=O)NCCCn3nc(C)c(Cl)c3C)o2)ccc1[N+](=O)[O-]. The molecule has 0 saturated carbocycles. The first-order chi connectivity index (χ1) is 14.8. The average Bonchev–Trinajstić information content (AvgIpc) is 3.30. The lowest BCUT2D eigenvalue weighted by Gasteiger charge is -2.06. The number of nitrogens with one attached hydrogen (secondary N) is 1. The number of hydrogen-bond donors (Lipinski definition) is 1. The van der Waals surface area contributed by atoms with Crippen LogP contribution in [-0.4, -0.2) is 27.2 Å². The Balaban J connectivity index is 1.46. The van der Waals surface area contributed by atoms with Gasteiger partial charge in [-0.05, 0) is 51.5 Å². The van der Waals surface area contributed by atoms with Crippen LogP contribution in [-0.2, 0) is 13.2 Å². The predicted molar refractivity (Wildman–Crippen MR) is 115 cm³/mol. The van der Waals surface area contributed by atoms with Crippen molar-refractivity contribution in [2.45, 2.75) is 40.3 Å². The standard InChI is InChI=1S/C21H23ClN4O5/c1-13-11-16(5-7-18(13)26(28)29)30-12-17-6-8-19(31-17)21(27)23-9-4-10-25-15(3)20(22)14(2)24-25/h5-8,11H,4,9-10,12H2,1-3H3,(H,23,27). The van der Waals surface area contributed by atoms with Gasteiger partial charge in [0.05, 0.1) is 21.3 Å². The molecule has 3 aromatic rings. The topological polar surface area (TPSA) is 112 Å². The Labute approximate surface area is 184 Å². The molecule has 0 aliphatic carbocycles. The Morgan fingerprint density at radius 3 is 2.71 bits per heavy atom. The van der Waals surface area contributed by atoms with Crippen molar-refractivity contribution in [1.29, 1.82) is 0 Å². The Hall–Kier alpha value is -3.33. The van der Waals surface area contributed by atoms with Gasteiger partial charge in [0.1, 0.15) is 18.1 Å². The van der Waals surface area contributed by atoms with E-state index in [9.17, 15) is 14.9 Å². The van der Waals surface area contributed by atoms with Crippen LogP contribution >= 0.6 is 11.6 Å². The first-order valence-electron chi connectivity index (χ1n) is 9.70. The molecule has 0 bridgehead atoms. The molecule has 3 rings (SSSR count). The van der Waals surface area contributed by atoms with Gasteiger partial charge in [0.15, 0.2) is 5.76 Å². The van der Waals surface area contributed by atoms with Crippen LogP contribution in [0.15, 0.2) is 34.7 Å². The number of furan rings is 1. The van der Waals surface area contributed by atoms with Crippen molar-refractivity contribution in [1.82, 2.24) is 15.1 Å². The summed E-state index contributed by atoms with van der Waals surface area (Å²) in [7, 11) is 0. The fourth-order valence-corrected chi connectivity index (χ4v) is 3.20. The van der Waals surface area contributed by atoms with Gasteiger partial charge in [0.2, 0.25) is 0 Å². The normalized spacial score (nSPS) is 10.8. The van der Waals surface area contributed by atoms with Crippen LogP contribution < -0.4 is 10.1 Å². The highest BCUT2D eigenvalue weighted by Gasteiger charge is 2.14. The molecule has 10 heteroatoms. The molecule has 164 valence electrons. The van der Waals surface area contributed by atoms with Gasteiger partial charge in [-0.25, -0.2) is 0 Å². The molecule has 0 unspecified atom stereocenters. The maximum absolute atomic E-state index is 12.3. The molecule has 0 aliphatic heterocycles. The van der Waals surface area contributed by atoms with E-state index in [2.05, 4.69) is 10.4 Å². The Bertz CT molecular complexity index is 1110. The molecule has 2 aromatic heterocycles. The number of amides is 1. The molecule has 1 N–H and O–H groups in total. The lowest BCUT2D eigenvalue weighted by atomic mass is 10.2. The molecule has 1 aromatic carbocycles. The van der Waals surface area contributed by atoms with Gasteiger partial charge in [-0.2, -0.15) is 5.10 Å². The van der Waals surface area contributed by atoms with E-state index < -0.39 is 4.92 Å². The van der Waals surface area contributed by atoms with Crippen LogP contribution in [0, 0.1) is 30.9 Å². The van der Waals surface area contributed by atoms with Crippen molar-refractivity contribution < 1.29 is 18.9 Å². The molecule has 0 atom stereocenters. The summed E-state index contributed by atoms with van der Waals surface area (Å²) in [6.07, 6.45) is 0.695. The zero-order chi connectivity index (χ0) is 22.5. The van der Waals surface area contributed by atoms with Crippen LogP contribution in [0.2, 0.25) is 5.02 Å². The van der Waals surface area contributed by atoms with E-state index in [0.29, 0.717) is 41.6 Å². The minimum absolute atomic E-state index is 0.0326. The molecular formula is C21H23ClN4O5. The second-order valence-electron chi connectivity index (χ2n) is 7.08. The van der Waals surface area contributed by atoms with Crippen molar-refractivity contribution in [2.75, 3.05) is 6.54 Å². The van der Waals surface area contributed by atoms with Crippen molar-refractivity contribution in [3.63, 3.8) is 0 Å². The van der Waals surface area contributed by atoms with E-state index >= 15 is 0 Å². The smallest absolute Gasteiger partial charge is 0.286 e. The summed E-state index contributed by atoms with van der Waals surface area (Å²) in [5.74, 6) is 0.824. The number of benzene rings is 1. The number of nitro benzene ring substituents is 1. The molecule has 31 heavy (non-hydrogen) atoms. The van der Waals surface area contributed by atoms with Crippen molar-refractivity contribution >= 4 is 23.2 Å². The number of carbonyl (C=O) groups is 1. The Kier molecular flexibility index (Phi) is 6.96. The fraction of sp³-hybridized carbons (Fsp3) is 0.333. The first-order valence-corrected chi connectivity index (χ1v) is 10.1. The summed E-state index contributed by atoms with van der Waals surface area (Å²) >= 11 is 6.13. The van der Waals surface area contributed by atoms with Crippen LogP contribution in [0.25, 0.3) is 0 Å². The number of nitro groups is 1. The molecule has 0 saturated heterocycles. The van der Waals surface area contributed by atoms with E-state index in [-0.39, 0.29) is 24.0 Å². The Morgan fingerprint density at radius 1 is 1.29 bits per heavy atom. The summed E-state index contributed by atoms with van der Waals surface area (Å²) in [4.78, 5) is 22.7. The number of nitrogens with zero attached hydrogens (tertiary/aromatic N) is 3. The Morgan fingerprint density at radius 2 is 2.06 bits per heavy atom. The number of aryl methyl sites for hydroxylation is 3. The number of aromatic nitrogens is 2. The minimum atomic E-state index is -0.442. The maximum atomic E-state index is 12.3. The summed E-state index contributed by atoms with van der Waals surface area (Å²) in [5.41, 5.74) is 2.23. The van der Waals surface area contributed by atoms with Crippen molar-refractivity contribution in [2.24, 2.45) is 0 Å². The average molecular weight is 447 g/mol. The van der Waals surface area contributed by atoms with E-state index in [1.165, 1.54) is 12.1 Å². The van der Waals surface area contributed by atoms with E-state index in [0.717, 1.165) is 11.4 Å². The zero-order valence-electron chi connectivity index (χ0n) is 17.5. The molecule has 2 heterocycles. The fourth-order valence-electron chi connectivity index (χ4n) is 3.07. The molecular weight excluding hydrogens is 424 g/mol. The summed E-state index contributed by atoms with van der Waals surface area (Å²) in [5, 5.41) is 18.7. The second kappa shape index (κ2) is 9.65. The third kappa shape index (κ3) is 5.43. The summed E-state index contributed by atoms with van der Waals surface area (Å²) in [6.45, 7) is 6.61. The van der Waals surface area contributed by atoms with E-state index in [1.807, 2.05) is 18.5 Å². The second-order valence-corrected chi connectivity index (χ2v) is 7.46. The van der Waals surface area contributed by atoms with Crippen molar-refractivity contribution in [3.8, 4) is 5.75 Å². The highest BCUT2D eigenvalue weighted by Crippen LogP contribution is 2.24. The lowest BCUT2D eigenvalue weighted by molar-refractivity contribution is -0.385. The predicted octanol–water partition coefficient (Wildman–Crippen LogP) is 4.36. The van der Waals surface area contributed by atoms with Gasteiger partial charge in [-0.15, -0.1) is 0 Å². The number of halogens is 1. The van der Waals surface area contributed by atoms with Crippen LogP contribution in [0.3, 0.4) is 0 Å². The van der Waals surface area contributed by atoms with Crippen LogP contribution in [0.4, 0.5) is 5.69 Å². The van der Waals surface area contributed by atoms with Gasteiger partial charge < -0.3 is 14.5 Å². The van der Waals surface area contributed by atoms with Gasteiger partial charge in [-0.1, -0.05) is 11.6 Å². The van der Waals surface area contributed by atoms with Crippen molar-refractivity contribution in [3.05, 3.63) is 73.9 Å². The minimum Gasteiger partial charge on any atom is -0.486 e. The third-order valence-corrected chi connectivity index (χ3v) is 5.30. The third-order valence-electron chi connectivity index (χ3n) is 4.76. The van der Waals surface area contributed by atoms with Gasteiger partial charge in [0, 0.05) is 24.7 Å². The van der Waals surface area contributed by atoms with Crippen LogP contribution in [0.1, 0.15) is 39.7 Å². The molecule has 0 radical (unpaired) electrons. The van der Waals surface area contributed by atoms with Gasteiger partial charge in [0.25, 0.3) is 11.6 Å². The highest BCUT2D eigenvalue weighted by molar-refractivity contribution is 6.31. The maximum Gasteiger partial charge on any atom is 0.286 e. The van der Waals surface area contributed by atoms with E-state index in [4.69, 9.17) is 20.8 Å². The zero-order valence-corrected chi connectivity index (χ0v) is 18.2. The molecule has 0 spiro atoms. The summed E-state index contributed by atoms with van der Waals surface area (Å²) in [6, 6.07) is 7.75. The summed E-state index contributed by atoms with van der Waals surface area (Å²) < 4.78 is 13.0. The molecule has 0 aliphatic rings. The van der Waals surface area contributed by atoms with Gasteiger partial charge >= 0.3 is 0 Å². The monoisotopic (exact) mass is 446 g/mol. The van der Waals surface area contributed by atoms with Gasteiger partial charge in [-0.3, -0.25) is 19.6 Å². The number of carbonyl (C=O) groups excluding carboxylic acids is 1.